The van der Waals surface area contributed by atoms with Gasteiger partial charge in [-0.2, -0.15) is 0 Å². The van der Waals surface area contributed by atoms with Crippen molar-refractivity contribution in [3.05, 3.63) is 152 Å². The van der Waals surface area contributed by atoms with Crippen LogP contribution in [-0.2, 0) is 0 Å². The predicted molar refractivity (Wildman–Crippen MR) is 184 cm³/mol. The first kappa shape index (κ1) is 25.4. The van der Waals surface area contributed by atoms with Crippen LogP contribution in [0.5, 0.6) is 0 Å². The largest absolute Gasteiger partial charge is 0.456 e. The Kier molecular flexibility index (Phi) is 5.78. The van der Waals surface area contributed by atoms with Crippen LogP contribution in [-0.4, -0.2) is 15.0 Å². The van der Waals surface area contributed by atoms with E-state index in [0.29, 0.717) is 17.5 Å². The van der Waals surface area contributed by atoms with Crippen LogP contribution < -0.4 is 0 Å². The smallest absolute Gasteiger partial charge is 0.164 e. The highest BCUT2D eigenvalue weighted by molar-refractivity contribution is 6.13. The Balaban J connectivity index is 1.24. The molecule has 45 heavy (non-hydrogen) atoms. The predicted octanol–water partition coefficient (Wildman–Crippen LogP) is 10.7. The zero-order valence-corrected chi connectivity index (χ0v) is 24.2. The van der Waals surface area contributed by atoms with Crippen LogP contribution >= 0.6 is 0 Å². The molecule has 2 aromatic heterocycles. The zero-order valence-electron chi connectivity index (χ0n) is 24.2. The molecule has 0 amide bonds. The number of fused-ring (bicyclic) bond motifs is 6. The van der Waals surface area contributed by atoms with Crippen molar-refractivity contribution in [2.75, 3.05) is 0 Å². The Morgan fingerprint density at radius 2 is 0.956 bits per heavy atom. The van der Waals surface area contributed by atoms with Crippen LogP contribution in [0.4, 0.5) is 0 Å². The Labute approximate surface area is 259 Å². The molecule has 9 rings (SSSR count). The van der Waals surface area contributed by atoms with Gasteiger partial charge in [0.2, 0.25) is 0 Å². The van der Waals surface area contributed by atoms with Gasteiger partial charge in [0.15, 0.2) is 17.5 Å². The fourth-order valence-corrected chi connectivity index (χ4v) is 6.31. The molecule has 210 valence electrons. The number of furan rings is 1. The van der Waals surface area contributed by atoms with Crippen molar-refractivity contribution in [2.24, 2.45) is 0 Å². The van der Waals surface area contributed by atoms with Gasteiger partial charge in [-0.05, 0) is 63.0 Å². The van der Waals surface area contributed by atoms with Crippen LogP contribution in [0.25, 0.3) is 88.8 Å². The summed E-state index contributed by atoms with van der Waals surface area (Å²) in [7, 11) is 0. The minimum atomic E-state index is 0.600. The van der Waals surface area contributed by atoms with Crippen molar-refractivity contribution in [3.63, 3.8) is 0 Å². The molecular formula is C41H25N3O. The van der Waals surface area contributed by atoms with E-state index in [9.17, 15) is 0 Å². The van der Waals surface area contributed by atoms with E-state index >= 15 is 0 Å². The topological polar surface area (TPSA) is 51.8 Å². The maximum absolute atomic E-state index is 6.37. The molecule has 4 nitrogen and oxygen atoms in total. The molecule has 0 saturated carbocycles. The molecule has 0 fully saturated rings. The van der Waals surface area contributed by atoms with Crippen molar-refractivity contribution in [3.8, 4) is 45.3 Å². The van der Waals surface area contributed by atoms with Crippen LogP contribution in [0.2, 0.25) is 0 Å². The summed E-state index contributed by atoms with van der Waals surface area (Å²) in [5, 5.41) is 6.78. The zero-order chi connectivity index (χ0) is 29.7. The van der Waals surface area contributed by atoms with E-state index in [2.05, 4.69) is 109 Å². The molecule has 0 aliphatic heterocycles. The van der Waals surface area contributed by atoms with Gasteiger partial charge in [-0.25, -0.2) is 15.0 Å². The molecule has 0 bridgehead atoms. The number of hydrogen-bond acceptors (Lipinski definition) is 4. The molecule has 9 aromatic rings. The van der Waals surface area contributed by atoms with Gasteiger partial charge < -0.3 is 4.42 Å². The van der Waals surface area contributed by atoms with Crippen LogP contribution in [0.3, 0.4) is 0 Å². The Morgan fingerprint density at radius 3 is 1.76 bits per heavy atom. The van der Waals surface area contributed by atoms with Gasteiger partial charge in [-0.15, -0.1) is 0 Å². The number of rotatable bonds is 4. The van der Waals surface area contributed by atoms with E-state index in [1.807, 2.05) is 42.5 Å². The fourth-order valence-electron chi connectivity index (χ4n) is 6.31. The lowest BCUT2D eigenvalue weighted by atomic mass is 9.97. The Morgan fingerprint density at radius 1 is 0.333 bits per heavy atom. The summed E-state index contributed by atoms with van der Waals surface area (Å²) >= 11 is 0. The average Bonchev–Trinajstić information content (AvgIpc) is 3.49. The lowest BCUT2D eigenvalue weighted by molar-refractivity contribution is 0.669. The van der Waals surface area contributed by atoms with Gasteiger partial charge in [0.1, 0.15) is 11.2 Å². The maximum atomic E-state index is 6.37. The van der Waals surface area contributed by atoms with Crippen molar-refractivity contribution in [1.82, 2.24) is 15.0 Å². The molecule has 0 aliphatic rings. The molecule has 0 saturated heterocycles. The first-order valence-electron chi connectivity index (χ1n) is 15.0. The average molecular weight is 576 g/mol. The first-order chi connectivity index (χ1) is 22.3. The normalized spacial score (nSPS) is 11.6. The van der Waals surface area contributed by atoms with Crippen molar-refractivity contribution in [2.45, 2.75) is 0 Å². The lowest BCUT2D eigenvalue weighted by Crippen LogP contribution is -2.00. The number of hydrogen-bond donors (Lipinski definition) is 0. The molecule has 2 heterocycles. The minimum absolute atomic E-state index is 0.600. The molecule has 0 N–H and O–H groups in total. The highest BCUT2D eigenvalue weighted by atomic mass is 16.3. The third kappa shape index (κ3) is 4.35. The summed E-state index contributed by atoms with van der Waals surface area (Å²) in [5.41, 5.74) is 6.77. The second kappa shape index (κ2) is 10.2. The van der Waals surface area contributed by atoms with Crippen LogP contribution in [0.1, 0.15) is 0 Å². The molecule has 7 aromatic carbocycles. The molecule has 0 aliphatic carbocycles. The highest BCUT2D eigenvalue weighted by Gasteiger charge is 2.17. The Hall–Kier alpha value is -6.13. The standard InChI is InChI=1S/C41H25N3O/c1-3-11-26(12-4-1)28-20-22-37-35(23-28)34-21-19-30(25-38(34)45-37)40-42-39(27-13-5-2-6-14-27)43-41(44-40)36-24-29-15-7-8-16-31(29)32-17-9-10-18-33(32)36/h1-25H. The summed E-state index contributed by atoms with van der Waals surface area (Å²) in [4.78, 5) is 15.1. The van der Waals surface area contributed by atoms with Crippen molar-refractivity contribution < 1.29 is 4.42 Å². The molecule has 0 unspecified atom stereocenters. The maximum Gasteiger partial charge on any atom is 0.164 e. The molecule has 0 radical (unpaired) electrons. The van der Waals surface area contributed by atoms with Gasteiger partial charge in [0.25, 0.3) is 0 Å². The fraction of sp³-hybridized carbons (Fsp3) is 0. The van der Waals surface area contributed by atoms with Gasteiger partial charge in [-0.1, -0.05) is 121 Å². The molecular weight excluding hydrogens is 550 g/mol. The summed E-state index contributed by atoms with van der Waals surface area (Å²) in [6.07, 6.45) is 0. The van der Waals surface area contributed by atoms with Crippen molar-refractivity contribution in [1.29, 1.82) is 0 Å². The van der Waals surface area contributed by atoms with E-state index in [-0.39, 0.29) is 0 Å². The van der Waals surface area contributed by atoms with E-state index in [4.69, 9.17) is 19.4 Å². The summed E-state index contributed by atoms with van der Waals surface area (Å²) < 4.78 is 6.37. The summed E-state index contributed by atoms with van der Waals surface area (Å²) in [6, 6.07) is 52.2. The lowest BCUT2D eigenvalue weighted by Gasteiger charge is -2.12. The minimum Gasteiger partial charge on any atom is -0.456 e. The first-order valence-corrected chi connectivity index (χ1v) is 15.0. The third-order valence-electron chi connectivity index (χ3n) is 8.51. The van der Waals surface area contributed by atoms with Crippen LogP contribution in [0.15, 0.2) is 156 Å². The van der Waals surface area contributed by atoms with Gasteiger partial charge in [-0.3, -0.25) is 0 Å². The second-order valence-corrected chi connectivity index (χ2v) is 11.3. The third-order valence-corrected chi connectivity index (χ3v) is 8.51. The number of nitrogens with zero attached hydrogens (tertiary/aromatic N) is 3. The molecule has 0 atom stereocenters. The Bertz CT molecular complexity index is 2540. The molecule has 0 spiro atoms. The second-order valence-electron chi connectivity index (χ2n) is 11.3. The van der Waals surface area contributed by atoms with Gasteiger partial charge in [0.05, 0.1) is 0 Å². The van der Waals surface area contributed by atoms with E-state index in [1.165, 1.54) is 16.3 Å². The quantitative estimate of drug-likeness (QED) is 0.196. The van der Waals surface area contributed by atoms with E-state index in [0.717, 1.165) is 55.0 Å². The molecule has 4 heteroatoms. The van der Waals surface area contributed by atoms with Crippen molar-refractivity contribution >= 4 is 43.5 Å². The van der Waals surface area contributed by atoms with E-state index in [1.54, 1.807) is 0 Å². The summed E-state index contributed by atoms with van der Waals surface area (Å²) in [5.74, 6) is 1.87. The van der Waals surface area contributed by atoms with Gasteiger partial charge in [0, 0.05) is 27.5 Å². The monoisotopic (exact) mass is 575 g/mol. The number of benzene rings is 7. The SMILES string of the molecule is c1ccc(-c2ccc3oc4cc(-c5nc(-c6ccccc6)nc(-c6cc7ccccc7c7ccccc67)n5)ccc4c3c2)cc1. The number of aromatic nitrogens is 3. The van der Waals surface area contributed by atoms with Gasteiger partial charge >= 0.3 is 0 Å². The summed E-state index contributed by atoms with van der Waals surface area (Å²) in [6.45, 7) is 0. The highest BCUT2D eigenvalue weighted by Crippen LogP contribution is 2.37. The van der Waals surface area contributed by atoms with E-state index < -0.39 is 0 Å². The van der Waals surface area contributed by atoms with Crippen LogP contribution in [0, 0.1) is 0 Å².